The van der Waals surface area contributed by atoms with E-state index in [-0.39, 0.29) is 5.82 Å². The van der Waals surface area contributed by atoms with Crippen molar-refractivity contribution in [2.75, 3.05) is 37.0 Å². The molecular formula is C23H23FN6. The molecule has 1 aliphatic rings. The summed E-state index contributed by atoms with van der Waals surface area (Å²) in [5, 5.41) is 4.99. The molecule has 3 aromatic heterocycles. The van der Waals surface area contributed by atoms with E-state index in [4.69, 9.17) is 10.1 Å². The maximum atomic E-state index is 13.6. The molecule has 0 N–H and O–H groups in total. The van der Waals surface area contributed by atoms with Crippen LogP contribution in [0.5, 0.6) is 0 Å². The molecule has 0 radical (unpaired) electrons. The van der Waals surface area contributed by atoms with Crippen molar-refractivity contribution in [3.8, 4) is 22.5 Å². The maximum Gasteiger partial charge on any atom is 0.225 e. The van der Waals surface area contributed by atoms with Gasteiger partial charge in [0.2, 0.25) is 5.95 Å². The molecule has 152 valence electrons. The predicted molar refractivity (Wildman–Crippen MR) is 117 cm³/mol. The SMILES string of the molecule is CN(C)c1nccc(-c2c(-c3ccc(F)cc3)nn3c(N4CCCC4)cccc23)n1. The van der Waals surface area contributed by atoms with Crippen molar-refractivity contribution < 1.29 is 4.39 Å². The lowest BCUT2D eigenvalue weighted by Gasteiger charge is -2.18. The minimum Gasteiger partial charge on any atom is -0.357 e. The van der Waals surface area contributed by atoms with E-state index >= 15 is 0 Å². The molecule has 1 saturated heterocycles. The van der Waals surface area contributed by atoms with Gasteiger partial charge in [-0.3, -0.25) is 0 Å². The van der Waals surface area contributed by atoms with Gasteiger partial charge in [-0.2, -0.15) is 5.10 Å². The molecule has 0 spiro atoms. The van der Waals surface area contributed by atoms with Crippen LogP contribution in [0.3, 0.4) is 0 Å². The summed E-state index contributed by atoms with van der Waals surface area (Å²) in [6.07, 6.45) is 4.14. The number of anilines is 2. The number of halogens is 1. The van der Waals surface area contributed by atoms with Gasteiger partial charge in [-0.1, -0.05) is 6.07 Å². The molecule has 4 aromatic rings. The van der Waals surface area contributed by atoms with Gasteiger partial charge in [0.25, 0.3) is 0 Å². The van der Waals surface area contributed by atoms with Gasteiger partial charge in [0, 0.05) is 38.9 Å². The van der Waals surface area contributed by atoms with Crippen molar-refractivity contribution in [1.82, 2.24) is 19.6 Å². The third kappa shape index (κ3) is 3.16. The molecule has 1 aromatic carbocycles. The molecule has 7 heteroatoms. The zero-order valence-electron chi connectivity index (χ0n) is 17.1. The Morgan fingerprint density at radius 1 is 0.967 bits per heavy atom. The second-order valence-corrected chi connectivity index (χ2v) is 7.74. The Labute approximate surface area is 174 Å². The van der Waals surface area contributed by atoms with Crippen molar-refractivity contribution in [1.29, 1.82) is 0 Å². The molecule has 1 fully saturated rings. The molecule has 5 rings (SSSR count). The molecule has 0 bridgehead atoms. The lowest BCUT2D eigenvalue weighted by Crippen LogP contribution is -2.20. The highest BCUT2D eigenvalue weighted by Crippen LogP contribution is 2.36. The monoisotopic (exact) mass is 402 g/mol. The van der Waals surface area contributed by atoms with Gasteiger partial charge in [0.05, 0.1) is 16.8 Å². The Balaban J connectivity index is 1.78. The highest BCUT2D eigenvalue weighted by molar-refractivity contribution is 5.91. The normalized spacial score (nSPS) is 13.9. The summed E-state index contributed by atoms with van der Waals surface area (Å²) < 4.78 is 15.6. The highest BCUT2D eigenvalue weighted by Gasteiger charge is 2.22. The van der Waals surface area contributed by atoms with Crippen molar-refractivity contribution >= 4 is 17.3 Å². The fourth-order valence-corrected chi connectivity index (χ4v) is 4.01. The fourth-order valence-electron chi connectivity index (χ4n) is 4.01. The lowest BCUT2D eigenvalue weighted by molar-refractivity contribution is 0.628. The zero-order valence-corrected chi connectivity index (χ0v) is 17.1. The molecule has 0 atom stereocenters. The number of aromatic nitrogens is 4. The average molecular weight is 402 g/mol. The van der Waals surface area contributed by atoms with E-state index in [2.05, 4.69) is 28.1 Å². The Morgan fingerprint density at radius 2 is 1.73 bits per heavy atom. The fraction of sp³-hybridized carbons (Fsp3) is 0.261. The maximum absolute atomic E-state index is 13.6. The summed E-state index contributed by atoms with van der Waals surface area (Å²) >= 11 is 0. The highest BCUT2D eigenvalue weighted by atomic mass is 19.1. The predicted octanol–water partition coefficient (Wildman–Crippen LogP) is 4.26. The molecule has 6 nitrogen and oxygen atoms in total. The van der Waals surface area contributed by atoms with Crippen molar-refractivity contribution in [2.45, 2.75) is 12.8 Å². The van der Waals surface area contributed by atoms with E-state index < -0.39 is 0 Å². The second kappa shape index (κ2) is 7.40. The number of hydrogen-bond acceptors (Lipinski definition) is 5. The lowest BCUT2D eigenvalue weighted by atomic mass is 10.0. The van der Waals surface area contributed by atoms with E-state index in [1.165, 1.54) is 25.0 Å². The van der Waals surface area contributed by atoms with Gasteiger partial charge < -0.3 is 9.80 Å². The Kier molecular flexibility index (Phi) is 4.58. The van der Waals surface area contributed by atoms with E-state index in [1.807, 2.05) is 29.6 Å². The van der Waals surface area contributed by atoms with Crippen LogP contribution in [0.2, 0.25) is 0 Å². The molecule has 0 amide bonds. The average Bonchev–Trinajstić information content (AvgIpc) is 3.42. The first-order valence-corrected chi connectivity index (χ1v) is 10.2. The van der Waals surface area contributed by atoms with Gasteiger partial charge in [-0.15, -0.1) is 0 Å². The summed E-state index contributed by atoms with van der Waals surface area (Å²) in [6, 6.07) is 14.6. The first-order valence-electron chi connectivity index (χ1n) is 10.2. The van der Waals surface area contributed by atoms with Crippen molar-refractivity contribution in [3.63, 3.8) is 0 Å². The van der Waals surface area contributed by atoms with E-state index in [0.29, 0.717) is 5.95 Å². The largest absolute Gasteiger partial charge is 0.357 e. The van der Waals surface area contributed by atoms with E-state index in [1.54, 1.807) is 18.3 Å². The number of hydrogen-bond donors (Lipinski definition) is 0. The smallest absolute Gasteiger partial charge is 0.225 e. The van der Waals surface area contributed by atoms with Gasteiger partial charge in [-0.05, 0) is 55.3 Å². The third-order valence-electron chi connectivity index (χ3n) is 5.48. The van der Waals surface area contributed by atoms with Crippen LogP contribution in [-0.2, 0) is 0 Å². The van der Waals surface area contributed by atoms with Gasteiger partial charge in [-0.25, -0.2) is 18.9 Å². The first kappa shape index (κ1) is 18.5. The molecule has 1 aliphatic heterocycles. The van der Waals surface area contributed by atoms with Gasteiger partial charge in [0.1, 0.15) is 17.3 Å². The summed E-state index contributed by atoms with van der Waals surface area (Å²) in [6.45, 7) is 2.05. The standard InChI is InChI=1S/C23H23FN6/c1-28(2)23-25-13-12-18(26-23)21-19-6-5-7-20(29-14-3-4-15-29)30(19)27-22(21)16-8-10-17(24)11-9-16/h5-13H,3-4,14-15H2,1-2H3. The number of fused-ring (bicyclic) bond motifs is 1. The van der Waals surface area contributed by atoms with Crippen LogP contribution in [0.25, 0.3) is 28.0 Å². The minimum atomic E-state index is -0.265. The summed E-state index contributed by atoms with van der Waals surface area (Å²) in [5.74, 6) is 1.44. The Bertz CT molecular complexity index is 1190. The Hall–Kier alpha value is -3.48. The van der Waals surface area contributed by atoms with Crippen LogP contribution < -0.4 is 9.80 Å². The Morgan fingerprint density at radius 3 is 2.47 bits per heavy atom. The van der Waals surface area contributed by atoms with Crippen molar-refractivity contribution in [3.05, 3.63) is 60.5 Å². The molecule has 30 heavy (non-hydrogen) atoms. The first-order chi connectivity index (χ1) is 14.6. The van der Waals surface area contributed by atoms with E-state index in [0.717, 1.165) is 46.9 Å². The molecule has 0 unspecified atom stereocenters. The summed E-state index contributed by atoms with van der Waals surface area (Å²) in [4.78, 5) is 13.4. The van der Waals surface area contributed by atoms with Crippen LogP contribution in [0.4, 0.5) is 16.2 Å². The second-order valence-electron chi connectivity index (χ2n) is 7.74. The molecule has 4 heterocycles. The van der Waals surface area contributed by atoms with Gasteiger partial charge >= 0.3 is 0 Å². The van der Waals surface area contributed by atoms with Crippen LogP contribution in [0.15, 0.2) is 54.7 Å². The quantitative estimate of drug-likeness (QED) is 0.510. The number of nitrogens with zero attached hydrogens (tertiary/aromatic N) is 6. The topological polar surface area (TPSA) is 49.6 Å². The van der Waals surface area contributed by atoms with Crippen LogP contribution in [0.1, 0.15) is 12.8 Å². The molecule has 0 saturated carbocycles. The summed E-state index contributed by atoms with van der Waals surface area (Å²) in [7, 11) is 3.84. The summed E-state index contributed by atoms with van der Waals surface area (Å²) in [5.41, 5.74) is 4.33. The zero-order chi connectivity index (χ0) is 20.7. The number of benzene rings is 1. The number of rotatable bonds is 4. The number of pyridine rings is 1. The van der Waals surface area contributed by atoms with Crippen molar-refractivity contribution in [2.24, 2.45) is 0 Å². The molecular weight excluding hydrogens is 379 g/mol. The minimum absolute atomic E-state index is 0.265. The van der Waals surface area contributed by atoms with E-state index in [9.17, 15) is 4.39 Å². The van der Waals surface area contributed by atoms with Crippen LogP contribution in [-0.4, -0.2) is 46.8 Å². The van der Waals surface area contributed by atoms with Crippen LogP contribution in [0, 0.1) is 5.82 Å². The third-order valence-corrected chi connectivity index (χ3v) is 5.48. The molecule has 0 aliphatic carbocycles. The van der Waals surface area contributed by atoms with Crippen LogP contribution >= 0.6 is 0 Å². The van der Waals surface area contributed by atoms with Gasteiger partial charge in [0.15, 0.2) is 0 Å².